The van der Waals surface area contributed by atoms with Crippen molar-refractivity contribution in [2.24, 2.45) is 33.3 Å². The van der Waals surface area contributed by atoms with Crippen molar-refractivity contribution in [1.29, 1.82) is 0 Å². The summed E-state index contributed by atoms with van der Waals surface area (Å²) in [6, 6.07) is -0.932. The molecular formula is C86H144N12O18S3. The van der Waals surface area contributed by atoms with Crippen molar-refractivity contribution in [2.75, 3.05) is 40.5 Å². The summed E-state index contributed by atoms with van der Waals surface area (Å²) >= 11 is 4.85. The topological polar surface area (TPSA) is 382 Å². The Morgan fingerprint density at radius 2 is 0.866 bits per heavy atom. The highest BCUT2D eigenvalue weighted by Crippen LogP contribution is 2.46. The number of rotatable bonds is 30. The molecule has 0 spiro atoms. The molecule has 9 heterocycles. The molecule has 1 saturated carbocycles. The molecule has 4 saturated heterocycles. The largest absolute Gasteiger partial charge is 0.389 e. The number of nitrogens with two attached hydrogens (primary N) is 2. The maximum Gasteiger partial charge on any atom is 0.325 e. The minimum atomic E-state index is -0.795. The Hall–Kier alpha value is -5.80. The van der Waals surface area contributed by atoms with Crippen LogP contribution in [0.4, 0.5) is 14.4 Å². The van der Waals surface area contributed by atoms with Crippen LogP contribution in [0.2, 0.25) is 0 Å². The number of allylic oxidation sites excluding steroid dienone is 2. The average Bonchev–Trinajstić information content (AvgIpc) is 1.66. The molecule has 6 amide bonds. The van der Waals surface area contributed by atoms with Gasteiger partial charge >= 0.3 is 18.1 Å². The van der Waals surface area contributed by atoms with E-state index in [1.807, 2.05) is 161 Å². The Morgan fingerprint density at radius 3 is 1.31 bits per heavy atom. The Balaban J connectivity index is 0.000000231. The van der Waals surface area contributed by atoms with Gasteiger partial charge in [0.15, 0.2) is 0 Å². The Kier molecular flexibility index (Phi) is 40.1. The van der Waals surface area contributed by atoms with Gasteiger partial charge in [0.1, 0.15) is 65.3 Å². The Morgan fingerprint density at radius 1 is 0.479 bits per heavy atom. The molecule has 1 aliphatic carbocycles. The molecule has 119 heavy (non-hydrogen) atoms. The molecule has 0 aromatic heterocycles. The third kappa shape index (κ3) is 29.2. The van der Waals surface area contributed by atoms with Gasteiger partial charge in [-0.2, -0.15) is 0 Å². The lowest BCUT2D eigenvalue weighted by atomic mass is 9.96. The van der Waals surface area contributed by atoms with Crippen molar-refractivity contribution in [3.63, 3.8) is 0 Å². The van der Waals surface area contributed by atoms with Crippen molar-refractivity contribution in [1.82, 2.24) is 40.9 Å². The minimum Gasteiger partial charge on any atom is -0.389 e. The summed E-state index contributed by atoms with van der Waals surface area (Å²) in [7, 11) is 3.33. The summed E-state index contributed by atoms with van der Waals surface area (Å²) in [4.78, 5) is 49.9. The minimum absolute atomic E-state index is 0.000497. The highest BCUT2D eigenvalue weighted by molar-refractivity contribution is 8.01. The van der Waals surface area contributed by atoms with Gasteiger partial charge in [-0.25, -0.2) is 24.4 Å². The summed E-state index contributed by atoms with van der Waals surface area (Å²) in [5.41, 5.74) is 17.2. The summed E-state index contributed by atoms with van der Waals surface area (Å²) in [6.07, 6.45) is 6.21. The van der Waals surface area contributed by atoms with Crippen LogP contribution < -0.4 is 32.7 Å². The van der Waals surface area contributed by atoms with Crippen LogP contribution in [0, 0.1) is 11.8 Å². The monoisotopic (exact) mass is 1730 g/mol. The number of carbonyl (C=O) groups is 3. The van der Waals surface area contributed by atoms with Crippen LogP contribution >= 0.6 is 35.3 Å². The average molecular weight is 1730 g/mol. The lowest BCUT2D eigenvalue weighted by Gasteiger charge is -2.33. The van der Waals surface area contributed by atoms with Crippen LogP contribution in [-0.2, 0) is 47.4 Å². The molecule has 0 bridgehead atoms. The number of carbonyl (C=O) groups excluding carboxylic acids is 3. The molecule has 674 valence electrons. The maximum absolute atomic E-state index is 11.7. The van der Waals surface area contributed by atoms with Crippen LogP contribution in [0.5, 0.6) is 0 Å². The second-order valence-corrected chi connectivity index (χ2v) is 38.4. The first kappa shape index (κ1) is 102. The van der Waals surface area contributed by atoms with E-state index in [-0.39, 0.29) is 153 Å². The number of aliphatic hydroxyl groups excluding tert-OH is 5. The highest BCUT2D eigenvalue weighted by Gasteiger charge is 2.53. The molecule has 5 fully saturated rings. The molecule has 0 aromatic rings. The number of aliphatic hydroxyl groups is 5. The van der Waals surface area contributed by atoms with Gasteiger partial charge in [0.2, 0.25) is 0 Å². The second-order valence-electron chi connectivity index (χ2n) is 34.3. The number of amidine groups is 2. The van der Waals surface area contributed by atoms with Crippen molar-refractivity contribution < 1.29 is 87.3 Å². The fourth-order valence-corrected chi connectivity index (χ4v) is 19.2. The molecule has 0 aromatic carbocycles. The first-order valence-electron chi connectivity index (χ1n) is 41.7. The van der Waals surface area contributed by atoms with Crippen molar-refractivity contribution in [3.05, 3.63) is 120 Å². The summed E-state index contributed by atoms with van der Waals surface area (Å²) in [5.74, 6) is 2.69. The normalized spacial score (nSPS) is 31.1. The van der Waals surface area contributed by atoms with Crippen molar-refractivity contribution in [3.8, 4) is 0 Å². The zero-order chi connectivity index (χ0) is 89.2. The fourth-order valence-electron chi connectivity index (χ4n) is 14.5. The number of nitrogens with one attached hydrogen (secondary N) is 4. The van der Waals surface area contributed by atoms with Crippen LogP contribution in [0.1, 0.15) is 172 Å². The number of hydrogen-bond acceptors (Lipinski definition) is 27. The van der Waals surface area contributed by atoms with E-state index in [1.165, 1.54) is 9.80 Å². The Labute approximate surface area is 720 Å². The van der Waals surface area contributed by atoms with Gasteiger partial charge in [-0.3, -0.25) is 0 Å². The molecule has 9 aliphatic heterocycles. The van der Waals surface area contributed by atoms with E-state index in [1.54, 1.807) is 68.0 Å². The molecule has 0 radical (unpaired) electrons. The maximum atomic E-state index is 11.7. The number of thioether (sulfide) groups is 3. The van der Waals surface area contributed by atoms with Gasteiger partial charge < -0.3 is 125 Å². The molecule has 10 rings (SSSR count). The lowest BCUT2D eigenvalue weighted by Crippen LogP contribution is -2.43. The van der Waals surface area contributed by atoms with Gasteiger partial charge in [-0.05, 0) is 164 Å². The van der Waals surface area contributed by atoms with E-state index >= 15 is 0 Å². The molecule has 13 N–H and O–H groups in total. The summed E-state index contributed by atoms with van der Waals surface area (Å²) < 4.78 is 59.0. The number of aliphatic imine (C=N–C) groups is 2. The van der Waals surface area contributed by atoms with E-state index in [0.29, 0.717) is 78.3 Å². The molecule has 10 aliphatic rings. The second kappa shape index (κ2) is 46.8. The summed E-state index contributed by atoms with van der Waals surface area (Å²) in [6.45, 7) is 65.4. The smallest absolute Gasteiger partial charge is 0.325 e. The van der Waals surface area contributed by atoms with Crippen LogP contribution in [0.25, 0.3) is 0 Å². The van der Waals surface area contributed by atoms with Crippen LogP contribution in [0.15, 0.2) is 130 Å². The van der Waals surface area contributed by atoms with Crippen LogP contribution in [-0.4, -0.2) is 281 Å². The third-order valence-corrected chi connectivity index (χ3v) is 25.0. The predicted octanol–water partition coefficient (Wildman–Crippen LogP) is 10.3. The molecule has 5 unspecified atom stereocenters. The van der Waals surface area contributed by atoms with Gasteiger partial charge in [0.05, 0.1) is 150 Å². The lowest BCUT2D eigenvalue weighted by molar-refractivity contribution is -0.0914. The van der Waals surface area contributed by atoms with E-state index in [4.69, 9.17) is 58.8 Å². The number of urea groups is 3. The zero-order valence-electron chi connectivity index (χ0n) is 74.8. The van der Waals surface area contributed by atoms with E-state index in [9.17, 15) is 39.9 Å². The van der Waals surface area contributed by atoms with Crippen molar-refractivity contribution >= 4 is 65.1 Å². The van der Waals surface area contributed by atoms with Crippen LogP contribution in [0.3, 0.4) is 0 Å². The number of amides is 6. The first-order chi connectivity index (χ1) is 55.6. The van der Waals surface area contributed by atoms with E-state index in [2.05, 4.69) is 78.0 Å². The summed E-state index contributed by atoms with van der Waals surface area (Å²) in [5, 5.41) is 64.2. The van der Waals surface area contributed by atoms with Gasteiger partial charge in [-0.1, -0.05) is 46.7 Å². The molecule has 33 heteroatoms. The molecule has 20 atom stereocenters. The number of hydrogen-bond donors (Lipinski definition) is 11. The number of nitrogens with zero attached hydrogens (tertiary/aromatic N) is 6. The molecular weight excluding hydrogens is 1590 g/mol. The zero-order valence-corrected chi connectivity index (χ0v) is 77.2. The first-order valence-corrected chi connectivity index (χ1v) is 44.6. The van der Waals surface area contributed by atoms with Gasteiger partial charge in [0.25, 0.3) is 0 Å². The van der Waals surface area contributed by atoms with E-state index in [0.717, 1.165) is 41.6 Å². The predicted molar refractivity (Wildman–Crippen MR) is 473 cm³/mol. The number of ether oxygens (including phenoxy) is 10. The third-order valence-electron chi connectivity index (χ3n) is 20.3. The SMILES string of the molecule is C=C1N=C(N)C(C)=CN1[C@@H]1C[C@H](COC(C)C)C(OC(C)C)[C@@H]1O.C=C1N=C(N)C(C)=CN1[C@@H]1S[C@H](COC(C)C)C(OC(C)C)[C@@H]1O.C=C1NC(=O)N(C)C=C1[C@@H]1O[C@H](CCC(C)C)C(OC(C)C)[C@@H]1O.C=C1NC(=O)N(C)C=C1[C@@H]1S[C@H](COC(C)C)C(OC(C)C)[C@@H]1O.C=C1NC(=O)NC=C1[C@@H]1S[C@H](COC(C)C)C(OC(C)C)[C@@H]1O. The van der Waals surface area contributed by atoms with Gasteiger partial charge in [-0.15, -0.1) is 35.3 Å². The standard InChI is InChI=1S/C18H31N3O3.C18H30N2O4.C17H29N3O3S.C17H28N2O4S.C16H26N2O4S/c1-10(2)23-9-14-7-15(16(22)17(14)24-11(3)4)21-8-12(5)18(19)20-13(21)6;1-10(2)7-8-14-17(23-11(3)4)15(21)16(24-14)13-9-20(6)18(22)19-12(13)5;1-9(2)22-8-13-15(23-10(3)4)14(21)17(24-13)20-7-11(5)16(18)19-12(20)6;1-9(2)22-8-13-15(23-10(3)4)14(20)16(24-13)12-7-19(6)17(21)18-11(12)5;1-8(2)21-7-12-14(22-9(3)4)13(19)15(23-12)11-6-17-16(20)18-10(11)5/h8,10-11,14-17,22H,6-7,9H2,1-5H3,(H2,19,20);9-11,14-17,21H,5,7-8H2,1-4,6H3,(H,19,22);7,9-10,13-15,17,21H,6,8H2,1-5H3,(H2,18,19);7,9-10,13-16,20H,5,8H2,1-4,6H3,(H,18,21);6,8-9,12-15,19H,5,7H2,1-4H3,(H2,17,18,20)/t14-,15-,16-,17?;14-,15-,16+,17?;13-,14+,15?,17-;13-,14+,15?,16+;12-,13+,14?,15+/m11111/s1. The van der Waals surface area contributed by atoms with Gasteiger partial charge in [0, 0.05) is 96.0 Å². The quantitative estimate of drug-likeness (QED) is 0.0318. The fraction of sp³-hybridized carbons (Fsp3) is 0.709. The van der Waals surface area contributed by atoms with Crippen molar-refractivity contribution in [2.45, 2.75) is 337 Å². The molecule has 30 nitrogen and oxygen atoms in total. The highest BCUT2D eigenvalue weighted by atomic mass is 32.2. The van der Waals surface area contributed by atoms with E-state index < -0.39 is 36.6 Å². The Bertz CT molecular complexity index is 3470.